The molecule has 2 heterocycles. The van der Waals surface area contributed by atoms with E-state index in [1.807, 2.05) is 0 Å². The highest BCUT2D eigenvalue weighted by atomic mass is 32.2. The Balaban J connectivity index is 1.87. The highest BCUT2D eigenvalue weighted by molar-refractivity contribution is 8.15. The molecule has 0 radical (unpaired) electrons. The highest BCUT2D eigenvalue weighted by Crippen LogP contribution is 2.54. The van der Waals surface area contributed by atoms with Crippen LogP contribution in [-0.4, -0.2) is 29.0 Å². The van der Waals surface area contributed by atoms with Gasteiger partial charge in [0.2, 0.25) is 0 Å². The fraction of sp³-hybridized carbons (Fsp3) is 0.222. The van der Waals surface area contributed by atoms with Crippen molar-refractivity contribution in [2.24, 2.45) is 5.10 Å². The van der Waals surface area contributed by atoms with Crippen LogP contribution >= 0.6 is 11.8 Å². The molecule has 140 valence electrons. The number of hydrogen-bond donors (Lipinski definition) is 0. The van der Waals surface area contributed by atoms with E-state index in [0.717, 1.165) is 30.0 Å². The maximum atomic E-state index is 14.2. The molecule has 4 rings (SSSR count). The van der Waals surface area contributed by atoms with Crippen molar-refractivity contribution in [3.8, 4) is 5.75 Å². The summed E-state index contributed by atoms with van der Waals surface area (Å²) in [6.07, 6.45) is -3.13. The molecule has 0 aromatic heterocycles. The van der Waals surface area contributed by atoms with Crippen molar-refractivity contribution < 1.29 is 27.1 Å². The second-order valence-corrected chi connectivity index (χ2v) is 7.23. The average Bonchev–Trinajstić information content (AvgIpc) is 3.03. The van der Waals surface area contributed by atoms with Gasteiger partial charge in [0.05, 0.1) is 6.61 Å². The van der Waals surface area contributed by atoms with Gasteiger partial charge in [0.1, 0.15) is 27.3 Å². The number of fused-ring (bicyclic) bond motifs is 2. The van der Waals surface area contributed by atoms with Crippen LogP contribution in [0.5, 0.6) is 5.75 Å². The van der Waals surface area contributed by atoms with Crippen molar-refractivity contribution in [1.29, 1.82) is 0 Å². The number of benzene rings is 2. The van der Waals surface area contributed by atoms with Gasteiger partial charge in [-0.3, -0.25) is 4.79 Å². The van der Waals surface area contributed by atoms with Crippen molar-refractivity contribution >= 4 is 22.7 Å². The fourth-order valence-corrected chi connectivity index (χ4v) is 4.55. The van der Waals surface area contributed by atoms with Gasteiger partial charge in [-0.1, -0.05) is 30.0 Å². The van der Waals surface area contributed by atoms with Gasteiger partial charge in [-0.15, -0.1) is 0 Å². The molecule has 0 saturated heterocycles. The lowest BCUT2D eigenvalue weighted by molar-refractivity contribution is -0.147. The van der Waals surface area contributed by atoms with Crippen molar-refractivity contribution in [2.75, 3.05) is 6.61 Å². The van der Waals surface area contributed by atoms with Gasteiger partial charge in [0.15, 0.2) is 0 Å². The Hall–Kier alpha value is -2.55. The summed E-state index contributed by atoms with van der Waals surface area (Å²) >= 11 is 0.942. The Morgan fingerprint density at radius 1 is 1.22 bits per heavy atom. The molecule has 9 heteroatoms. The molecule has 0 bridgehead atoms. The van der Waals surface area contributed by atoms with E-state index in [-0.39, 0.29) is 23.6 Å². The van der Waals surface area contributed by atoms with Crippen molar-refractivity contribution in [3.05, 3.63) is 65.2 Å². The average molecular weight is 396 g/mol. The molecular formula is C18H12F4N2O2S. The number of thioether (sulfide) groups is 1. The van der Waals surface area contributed by atoms with E-state index < -0.39 is 28.8 Å². The van der Waals surface area contributed by atoms with Crippen molar-refractivity contribution in [2.45, 2.75) is 17.7 Å². The fourth-order valence-electron chi connectivity index (χ4n) is 3.16. The van der Waals surface area contributed by atoms with Crippen LogP contribution in [0.15, 0.2) is 47.6 Å². The minimum atomic E-state index is -3.29. The zero-order chi connectivity index (χ0) is 19.2. The number of ether oxygens (including phenoxy) is 1. The molecule has 2 aliphatic heterocycles. The first-order valence-electron chi connectivity index (χ1n) is 8.00. The number of hydrogen-bond acceptors (Lipinski definition) is 4. The van der Waals surface area contributed by atoms with E-state index in [1.165, 1.54) is 0 Å². The van der Waals surface area contributed by atoms with Gasteiger partial charge < -0.3 is 4.74 Å². The van der Waals surface area contributed by atoms with Crippen LogP contribution in [-0.2, 0) is 9.67 Å². The normalized spacial score (nSPS) is 21.2. The van der Waals surface area contributed by atoms with Crippen LogP contribution in [0.2, 0.25) is 0 Å². The summed E-state index contributed by atoms with van der Waals surface area (Å²) in [7, 11) is 0. The third kappa shape index (κ3) is 2.86. The van der Waals surface area contributed by atoms with Crippen LogP contribution in [0, 0.1) is 11.6 Å². The standard InChI is InChI=1S/C18H12F4N2O2S/c19-10-5-6-13(20)11(9-10)16-23-24(17(25)15(21)22)18(27-16)7-8-26-14-4-2-1-3-12(14)18/h1-6,9,15H,7-8H2. The van der Waals surface area contributed by atoms with Crippen LogP contribution < -0.4 is 4.74 Å². The number of hydrazone groups is 1. The molecule has 2 aromatic rings. The van der Waals surface area contributed by atoms with E-state index in [1.54, 1.807) is 24.3 Å². The third-order valence-electron chi connectivity index (χ3n) is 4.36. The molecular weight excluding hydrogens is 384 g/mol. The predicted octanol–water partition coefficient (Wildman–Crippen LogP) is 4.10. The molecule has 1 spiro atoms. The minimum absolute atomic E-state index is 0.0438. The lowest BCUT2D eigenvalue weighted by Crippen LogP contribution is -2.46. The molecule has 1 amide bonds. The van der Waals surface area contributed by atoms with Gasteiger partial charge in [0, 0.05) is 17.5 Å². The monoisotopic (exact) mass is 396 g/mol. The Morgan fingerprint density at radius 2 is 2.00 bits per heavy atom. The number of nitrogens with zero attached hydrogens (tertiary/aromatic N) is 2. The molecule has 27 heavy (non-hydrogen) atoms. The number of carbonyl (C=O) groups excluding carboxylic acids is 1. The summed E-state index contributed by atoms with van der Waals surface area (Å²) < 4.78 is 59.9. The lowest BCUT2D eigenvalue weighted by atomic mass is 9.99. The molecule has 2 aromatic carbocycles. The Morgan fingerprint density at radius 3 is 2.78 bits per heavy atom. The second-order valence-electron chi connectivity index (χ2n) is 5.96. The molecule has 0 aliphatic carbocycles. The van der Waals surface area contributed by atoms with E-state index >= 15 is 0 Å². The topological polar surface area (TPSA) is 41.9 Å². The number of rotatable bonds is 2. The van der Waals surface area contributed by atoms with Gasteiger partial charge in [-0.05, 0) is 24.3 Å². The Bertz CT molecular complexity index is 953. The number of halogens is 4. The van der Waals surface area contributed by atoms with Gasteiger partial charge >= 0.3 is 12.3 Å². The van der Waals surface area contributed by atoms with Gasteiger partial charge in [-0.2, -0.15) is 13.9 Å². The molecule has 0 N–H and O–H groups in total. The molecule has 2 aliphatic rings. The van der Waals surface area contributed by atoms with E-state index in [4.69, 9.17) is 4.74 Å². The lowest BCUT2D eigenvalue weighted by Gasteiger charge is -2.39. The summed E-state index contributed by atoms with van der Waals surface area (Å²) in [4.78, 5) is 10.9. The summed E-state index contributed by atoms with van der Waals surface area (Å²) in [5, 5.41) is 4.62. The Kier molecular flexibility index (Phi) is 4.33. The molecule has 0 saturated carbocycles. The van der Waals surface area contributed by atoms with Crippen molar-refractivity contribution in [3.63, 3.8) is 0 Å². The van der Waals surface area contributed by atoms with Gasteiger partial charge in [0.25, 0.3) is 0 Å². The van der Waals surface area contributed by atoms with Crippen LogP contribution in [0.25, 0.3) is 0 Å². The minimum Gasteiger partial charge on any atom is -0.493 e. The zero-order valence-electron chi connectivity index (χ0n) is 13.7. The number of para-hydroxylation sites is 1. The quantitative estimate of drug-likeness (QED) is 0.718. The van der Waals surface area contributed by atoms with Crippen LogP contribution in [0.3, 0.4) is 0 Å². The molecule has 0 fully saturated rings. The first-order chi connectivity index (χ1) is 12.9. The number of carbonyl (C=O) groups is 1. The maximum Gasteiger partial charge on any atom is 0.317 e. The molecule has 4 nitrogen and oxygen atoms in total. The second kappa shape index (κ2) is 6.56. The maximum absolute atomic E-state index is 14.2. The van der Waals surface area contributed by atoms with E-state index in [0.29, 0.717) is 16.3 Å². The van der Waals surface area contributed by atoms with Crippen LogP contribution in [0.1, 0.15) is 17.5 Å². The third-order valence-corrected chi connectivity index (χ3v) is 5.79. The summed E-state index contributed by atoms with van der Waals surface area (Å²) in [6.45, 7) is 0.158. The summed E-state index contributed by atoms with van der Waals surface area (Å²) in [5.41, 5.74) is 0.290. The van der Waals surface area contributed by atoms with Gasteiger partial charge in [-0.25, -0.2) is 13.8 Å². The largest absolute Gasteiger partial charge is 0.493 e. The first kappa shape index (κ1) is 17.8. The van der Waals surface area contributed by atoms with Crippen LogP contribution in [0.4, 0.5) is 17.6 Å². The summed E-state index contributed by atoms with van der Waals surface area (Å²) in [6, 6.07) is 9.50. The molecule has 1 atom stereocenters. The SMILES string of the molecule is O=C(C(F)F)N1N=C(c2cc(F)ccc2F)SC12CCOc1ccccc12. The van der Waals surface area contributed by atoms with E-state index in [2.05, 4.69) is 5.10 Å². The van der Waals surface area contributed by atoms with E-state index in [9.17, 15) is 22.4 Å². The predicted molar refractivity (Wildman–Crippen MR) is 91.6 cm³/mol. The zero-order valence-corrected chi connectivity index (χ0v) is 14.5. The summed E-state index contributed by atoms with van der Waals surface area (Å²) in [5.74, 6) is -2.54. The first-order valence-corrected chi connectivity index (χ1v) is 8.81. The highest BCUT2D eigenvalue weighted by Gasteiger charge is 2.53. The van der Waals surface area contributed by atoms with Crippen molar-refractivity contribution in [1.82, 2.24) is 5.01 Å². The Labute approximate surface area is 155 Å². The smallest absolute Gasteiger partial charge is 0.317 e. The number of amides is 1. The number of alkyl halides is 2. The molecule has 1 unspecified atom stereocenters.